The summed E-state index contributed by atoms with van der Waals surface area (Å²) < 4.78 is 13.6. The zero-order chi connectivity index (χ0) is 16.8. The van der Waals surface area contributed by atoms with Crippen LogP contribution in [-0.2, 0) is 6.54 Å². The van der Waals surface area contributed by atoms with Crippen LogP contribution in [0.3, 0.4) is 0 Å². The number of hydrogen-bond acceptors (Lipinski definition) is 3. The van der Waals surface area contributed by atoms with Crippen molar-refractivity contribution in [3.63, 3.8) is 0 Å². The zero-order valence-electron chi connectivity index (χ0n) is 14.5. The summed E-state index contributed by atoms with van der Waals surface area (Å²) in [6.07, 6.45) is 4.21. The van der Waals surface area contributed by atoms with Crippen molar-refractivity contribution in [3.8, 4) is 5.75 Å². The van der Waals surface area contributed by atoms with Gasteiger partial charge in [-0.05, 0) is 38.0 Å². The molecule has 1 unspecified atom stereocenters. The van der Waals surface area contributed by atoms with Crippen LogP contribution in [0.4, 0.5) is 0 Å². The average Bonchev–Trinajstić information content (AvgIpc) is 2.94. The lowest BCUT2D eigenvalue weighted by molar-refractivity contribution is -0.699. The van der Waals surface area contributed by atoms with Crippen molar-refractivity contribution in [1.29, 1.82) is 0 Å². The Morgan fingerprint density at radius 3 is 2.60 bits per heavy atom. The minimum Gasteiger partial charge on any atom is -1.00 e. The van der Waals surface area contributed by atoms with Crippen molar-refractivity contribution in [1.82, 2.24) is 0 Å². The molecule has 4 nitrogen and oxygen atoms in total. The molecule has 0 fully saturated rings. The second kappa shape index (κ2) is 6.78. The molecule has 0 saturated carbocycles. The van der Waals surface area contributed by atoms with E-state index < -0.39 is 0 Å². The van der Waals surface area contributed by atoms with Crippen LogP contribution in [-0.4, -0.2) is 6.61 Å². The van der Waals surface area contributed by atoms with Gasteiger partial charge in [0.1, 0.15) is 17.9 Å². The maximum absolute atomic E-state index is 11.7. The fourth-order valence-electron chi connectivity index (χ4n) is 3.44. The third-order valence-corrected chi connectivity index (χ3v) is 4.81. The molecule has 1 aliphatic rings. The first-order valence-corrected chi connectivity index (χ1v) is 8.19. The van der Waals surface area contributed by atoms with Gasteiger partial charge in [0.15, 0.2) is 18.9 Å². The summed E-state index contributed by atoms with van der Waals surface area (Å²) in [6, 6.07) is 7.90. The van der Waals surface area contributed by atoms with Gasteiger partial charge in [-0.3, -0.25) is 0 Å². The lowest BCUT2D eigenvalue weighted by Gasteiger charge is -2.10. The lowest BCUT2D eigenvalue weighted by Crippen LogP contribution is -3.00. The number of ether oxygens (including phenoxy) is 1. The van der Waals surface area contributed by atoms with Crippen LogP contribution in [0.25, 0.3) is 11.0 Å². The first-order chi connectivity index (χ1) is 11.5. The monoisotopic (exact) mass is 449 g/mol. The van der Waals surface area contributed by atoms with Gasteiger partial charge in [0.2, 0.25) is 0 Å². The Kier molecular flexibility index (Phi) is 4.86. The number of nitrogens with zero attached hydrogens (tertiary/aromatic N) is 1. The molecular weight excluding hydrogens is 429 g/mol. The van der Waals surface area contributed by atoms with E-state index in [1.54, 1.807) is 6.07 Å². The fourth-order valence-corrected chi connectivity index (χ4v) is 3.44. The number of fused-ring (bicyclic) bond motifs is 2. The minimum atomic E-state index is -0.312. The van der Waals surface area contributed by atoms with Crippen molar-refractivity contribution in [2.45, 2.75) is 33.2 Å². The predicted octanol–water partition coefficient (Wildman–Crippen LogP) is 0.186. The van der Waals surface area contributed by atoms with E-state index in [0.29, 0.717) is 18.1 Å². The quantitative estimate of drug-likeness (QED) is 0.319. The summed E-state index contributed by atoms with van der Waals surface area (Å²) in [5.41, 5.74) is 4.64. The second-order valence-electron chi connectivity index (χ2n) is 6.63. The molecule has 1 aromatic carbocycles. The Morgan fingerprint density at radius 1 is 1.16 bits per heavy atom. The number of aryl methyl sites for hydroxylation is 3. The van der Waals surface area contributed by atoms with Gasteiger partial charge in [0.25, 0.3) is 0 Å². The maximum Gasteiger partial charge on any atom is 0.336 e. The predicted molar refractivity (Wildman–Crippen MR) is 91.6 cm³/mol. The van der Waals surface area contributed by atoms with Crippen molar-refractivity contribution < 1.29 is 37.7 Å². The molecule has 130 valence electrons. The molecular formula is C20H20INO3. The number of hydrogen-bond donors (Lipinski definition) is 0. The molecule has 2 aromatic heterocycles. The first kappa shape index (κ1) is 17.9. The molecule has 25 heavy (non-hydrogen) atoms. The van der Waals surface area contributed by atoms with Crippen molar-refractivity contribution in [2.24, 2.45) is 0 Å². The Labute approximate surface area is 163 Å². The van der Waals surface area contributed by atoms with E-state index >= 15 is 0 Å². The molecule has 0 saturated heterocycles. The third-order valence-electron chi connectivity index (χ3n) is 4.81. The summed E-state index contributed by atoms with van der Waals surface area (Å²) in [5, 5.41) is 0.996. The SMILES string of the molecule is Cc1cc[n+](CC2COc3c2cc2c(C)cc(=O)oc2c3C)cc1.[I-]. The highest BCUT2D eigenvalue weighted by Gasteiger charge is 2.30. The highest BCUT2D eigenvalue weighted by atomic mass is 127. The van der Waals surface area contributed by atoms with Crippen LogP contribution >= 0.6 is 0 Å². The molecule has 0 amide bonds. The van der Waals surface area contributed by atoms with E-state index in [4.69, 9.17) is 9.15 Å². The Morgan fingerprint density at radius 2 is 1.88 bits per heavy atom. The molecule has 3 aromatic rings. The number of pyridine rings is 1. The van der Waals surface area contributed by atoms with E-state index in [2.05, 4.69) is 42.1 Å². The summed E-state index contributed by atoms with van der Waals surface area (Å²) >= 11 is 0. The normalized spacial score (nSPS) is 15.6. The number of benzene rings is 1. The van der Waals surface area contributed by atoms with Crippen LogP contribution in [0.2, 0.25) is 0 Å². The highest BCUT2D eigenvalue weighted by Crippen LogP contribution is 2.41. The molecule has 0 spiro atoms. The molecule has 5 heteroatoms. The smallest absolute Gasteiger partial charge is 0.336 e. The van der Waals surface area contributed by atoms with Crippen LogP contribution in [0.5, 0.6) is 5.75 Å². The summed E-state index contributed by atoms with van der Waals surface area (Å²) in [6.45, 7) is 7.52. The van der Waals surface area contributed by atoms with Gasteiger partial charge in [-0.1, -0.05) is 0 Å². The van der Waals surface area contributed by atoms with Gasteiger partial charge in [0, 0.05) is 34.7 Å². The minimum absolute atomic E-state index is 0. The van der Waals surface area contributed by atoms with E-state index in [1.165, 1.54) is 11.1 Å². The second-order valence-corrected chi connectivity index (χ2v) is 6.63. The molecule has 0 aliphatic carbocycles. The Bertz CT molecular complexity index is 992. The van der Waals surface area contributed by atoms with Gasteiger partial charge in [0.05, 0.1) is 5.92 Å². The third kappa shape index (κ3) is 3.17. The Balaban J connectivity index is 0.00000182. The van der Waals surface area contributed by atoms with Gasteiger partial charge < -0.3 is 33.1 Å². The molecule has 3 heterocycles. The van der Waals surface area contributed by atoms with Gasteiger partial charge >= 0.3 is 5.63 Å². The maximum atomic E-state index is 11.7. The fraction of sp³-hybridized carbons (Fsp3) is 0.300. The van der Waals surface area contributed by atoms with E-state index in [1.807, 2.05) is 13.8 Å². The van der Waals surface area contributed by atoms with Gasteiger partial charge in [-0.2, -0.15) is 0 Å². The topological polar surface area (TPSA) is 43.3 Å². The average molecular weight is 449 g/mol. The Hall–Kier alpha value is -1.89. The number of rotatable bonds is 2. The summed E-state index contributed by atoms with van der Waals surface area (Å²) in [7, 11) is 0. The summed E-state index contributed by atoms with van der Waals surface area (Å²) in [5.74, 6) is 1.16. The largest absolute Gasteiger partial charge is 1.00 e. The zero-order valence-corrected chi connectivity index (χ0v) is 16.7. The first-order valence-electron chi connectivity index (χ1n) is 8.19. The molecule has 4 rings (SSSR count). The van der Waals surface area contributed by atoms with Gasteiger partial charge in [-0.25, -0.2) is 9.36 Å². The van der Waals surface area contributed by atoms with Crippen LogP contribution in [0.15, 0.2) is 45.9 Å². The highest BCUT2D eigenvalue weighted by molar-refractivity contribution is 5.86. The van der Waals surface area contributed by atoms with E-state index in [0.717, 1.165) is 28.8 Å². The molecule has 0 bridgehead atoms. The molecule has 0 N–H and O–H groups in total. The van der Waals surface area contributed by atoms with Crippen LogP contribution in [0.1, 0.15) is 28.2 Å². The summed E-state index contributed by atoms with van der Waals surface area (Å²) in [4.78, 5) is 11.7. The molecule has 0 radical (unpaired) electrons. The number of halogens is 1. The molecule has 1 aliphatic heterocycles. The number of aromatic nitrogens is 1. The standard InChI is InChI=1S/C20H20NO3.HI/c1-12-4-6-21(7-5-12)10-15-11-23-19-14(3)20-16(9-17(15)19)13(2)8-18(22)24-20;/h4-9,15H,10-11H2,1-3H3;1H/q+1;/p-1. The van der Waals surface area contributed by atoms with Gasteiger partial charge in [-0.15, -0.1) is 0 Å². The van der Waals surface area contributed by atoms with E-state index in [-0.39, 0.29) is 29.6 Å². The molecule has 1 atom stereocenters. The van der Waals surface area contributed by atoms with Crippen molar-refractivity contribution in [2.75, 3.05) is 6.61 Å². The van der Waals surface area contributed by atoms with Crippen molar-refractivity contribution >= 4 is 11.0 Å². The lowest BCUT2D eigenvalue weighted by atomic mass is 9.95. The van der Waals surface area contributed by atoms with Crippen LogP contribution in [0, 0.1) is 20.8 Å². The van der Waals surface area contributed by atoms with E-state index in [9.17, 15) is 4.79 Å². The van der Waals surface area contributed by atoms with Crippen LogP contribution < -0.4 is 38.9 Å². The van der Waals surface area contributed by atoms with Crippen molar-refractivity contribution in [3.05, 3.63) is 69.3 Å².